The van der Waals surface area contributed by atoms with Crippen LogP contribution in [0.5, 0.6) is 0 Å². The summed E-state index contributed by atoms with van der Waals surface area (Å²) < 4.78 is 5.04. The van der Waals surface area contributed by atoms with Gasteiger partial charge in [-0.2, -0.15) is 0 Å². The fraction of sp³-hybridized carbons (Fsp3) is 0.818. The maximum atomic E-state index is 9.47. The van der Waals surface area contributed by atoms with Crippen molar-refractivity contribution < 1.29 is 9.84 Å². The van der Waals surface area contributed by atoms with Gasteiger partial charge in [0.05, 0.1) is 13.2 Å². The Kier molecular flexibility index (Phi) is 2.91. The van der Waals surface area contributed by atoms with Crippen LogP contribution in [0.4, 0.5) is 0 Å². The summed E-state index contributed by atoms with van der Waals surface area (Å²) in [6, 6.07) is 0. The third-order valence-corrected chi connectivity index (χ3v) is 3.52. The number of aliphatic hydroxyl groups excluding tert-OH is 1. The van der Waals surface area contributed by atoms with Gasteiger partial charge in [-0.1, -0.05) is 11.6 Å². The lowest BCUT2D eigenvalue weighted by Gasteiger charge is -2.28. The maximum Gasteiger partial charge on any atom is 0.0646 e. The Balaban J connectivity index is 2.05. The first-order valence-corrected chi connectivity index (χ1v) is 5.33. The molecule has 1 atom stereocenters. The Morgan fingerprint density at radius 3 is 3.14 bits per heavy atom. The smallest absolute Gasteiger partial charge is 0.0646 e. The van der Waals surface area contributed by atoms with Crippen LogP contribution in [0, 0.1) is 0 Å². The van der Waals surface area contributed by atoms with E-state index in [0.29, 0.717) is 13.2 Å². The quantitative estimate of drug-likeness (QED) is 0.679. The van der Waals surface area contributed by atoms with Crippen LogP contribution in [0.15, 0.2) is 11.6 Å². The lowest BCUT2D eigenvalue weighted by Crippen LogP contribution is -2.41. The van der Waals surface area contributed by atoms with E-state index < -0.39 is 0 Å². The molecule has 0 saturated carbocycles. The molecule has 2 saturated heterocycles. The van der Waals surface area contributed by atoms with Gasteiger partial charge in [-0.05, 0) is 25.8 Å². The van der Waals surface area contributed by atoms with Crippen molar-refractivity contribution in [1.29, 1.82) is 0 Å². The van der Waals surface area contributed by atoms with Crippen molar-refractivity contribution >= 4 is 0 Å². The molecule has 0 amide bonds. The third-order valence-electron chi connectivity index (χ3n) is 3.52. The van der Waals surface area contributed by atoms with Crippen molar-refractivity contribution in [1.82, 2.24) is 4.90 Å². The van der Waals surface area contributed by atoms with E-state index in [0.717, 1.165) is 25.9 Å². The van der Waals surface area contributed by atoms with Crippen molar-refractivity contribution in [2.45, 2.75) is 24.8 Å². The van der Waals surface area contributed by atoms with Gasteiger partial charge in [-0.15, -0.1) is 0 Å². The molecule has 0 spiro atoms. The Hall–Kier alpha value is -0.380. The highest BCUT2D eigenvalue weighted by Gasteiger charge is 2.45. The molecule has 0 aromatic carbocycles. The van der Waals surface area contributed by atoms with Crippen LogP contribution >= 0.6 is 0 Å². The van der Waals surface area contributed by atoms with Gasteiger partial charge in [0.25, 0.3) is 0 Å². The standard InChI is InChI=1S/C11H19NO2/c1-14-6-3-10-7-11(9-13)4-2-5-12(11)8-10/h3,13H,2,4-9H2,1H3/b10-3-/t11-/m0/s1. The first kappa shape index (κ1) is 10.1. The van der Waals surface area contributed by atoms with E-state index in [2.05, 4.69) is 11.0 Å². The molecule has 1 N–H and O–H groups in total. The highest BCUT2D eigenvalue weighted by molar-refractivity contribution is 5.20. The molecule has 2 heterocycles. The summed E-state index contributed by atoms with van der Waals surface area (Å²) in [5.74, 6) is 0. The first-order chi connectivity index (χ1) is 6.80. The fourth-order valence-corrected chi connectivity index (χ4v) is 2.74. The lowest BCUT2D eigenvalue weighted by molar-refractivity contribution is 0.1000. The third kappa shape index (κ3) is 1.60. The Labute approximate surface area is 85.4 Å². The van der Waals surface area contributed by atoms with Crippen molar-refractivity contribution in [2.24, 2.45) is 0 Å². The van der Waals surface area contributed by atoms with E-state index in [4.69, 9.17) is 4.74 Å². The number of hydrogen-bond acceptors (Lipinski definition) is 3. The average Bonchev–Trinajstić information content (AvgIpc) is 2.70. The summed E-state index contributed by atoms with van der Waals surface area (Å²) in [4.78, 5) is 2.43. The number of rotatable bonds is 3. The van der Waals surface area contributed by atoms with E-state index in [1.807, 2.05) is 0 Å². The van der Waals surface area contributed by atoms with E-state index in [9.17, 15) is 5.11 Å². The summed E-state index contributed by atoms with van der Waals surface area (Å²) >= 11 is 0. The minimum atomic E-state index is 0.0829. The predicted molar refractivity (Wildman–Crippen MR) is 55.2 cm³/mol. The zero-order valence-corrected chi connectivity index (χ0v) is 8.83. The second kappa shape index (κ2) is 4.01. The van der Waals surface area contributed by atoms with Crippen LogP contribution in [-0.2, 0) is 4.74 Å². The first-order valence-electron chi connectivity index (χ1n) is 5.33. The van der Waals surface area contributed by atoms with Crippen molar-refractivity contribution in [3.05, 3.63) is 11.6 Å². The highest BCUT2D eigenvalue weighted by atomic mass is 16.5. The molecule has 0 aromatic rings. The maximum absolute atomic E-state index is 9.47. The van der Waals surface area contributed by atoms with Crippen LogP contribution in [0.25, 0.3) is 0 Å². The summed E-state index contributed by atoms with van der Waals surface area (Å²) in [5.41, 5.74) is 1.51. The molecule has 0 unspecified atom stereocenters. The minimum absolute atomic E-state index is 0.0829. The largest absolute Gasteiger partial charge is 0.394 e. The van der Waals surface area contributed by atoms with Crippen molar-refractivity contribution in [2.75, 3.05) is 33.4 Å². The fourth-order valence-electron chi connectivity index (χ4n) is 2.74. The lowest BCUT2D eigenvalue weighted by atomic mass is 9.93. The summed E-state index contributed by atoms with van der Waals surface area (Å²) in [6.07, 6.45) is 5.58. The molecule has 2 aliphatic rings. The van der Waals surface area contributed by atoms with Gasteiger partial charge in [0.1, 0.15) is 0 Å². The number of aliphatic hydroxyl groups is 1. The number of fused-ring (bicyclic) bond motifs is 1. The van der Waals surface area contributed by atoms with Gasteiger partial charge in [-0.25, -0.2) is 0 Å². The normalized spacial score (nSPS) is 35.4. The Morgan fingerprint density at radius 1 is 1.64 bits per heavy atom. The van der Waals surface area contributed by atoms with E-state index in [1.165, 1.54) is 12.0 Å². The van der Waals surface area contributed by atoms with Crippen LogP contribution in [0.1, 0.15) is 19.3 Å². The van der Waals surface area contributed by atoms with Gasteiger partial charge in [-0.3, -0.25) is 4.90 Å². The van der Waals surface area contributed by atoms with Crippen LogP contribution in [0.2, 0.25) is 0 Å². The number of hydrogen-bond donors (Lipinski definition) is 1. The zero-order chi connectivity index (χ0) is 10.0. The van der Waals surface area contributed by atoms with Gasteiger partial charge >= 0.3 is 0 Å². The number of methoxy groups -OCH3 is 1. The molecule has 3 nitrogen and oxygen atoms in total. The van der Waals surface area contributed by atoms with Gasteiger partial charge < -0.3 is 9.84 Å². The molecular weight excluding hydrogens is 178 g/mol. The summed E-state index contributed by atoms with van der Waals surface area (Å²) in [7, 11) is 1.72. The number of nitrogens with zero attached hydrogens (tertiary/aromatic N) is 1. The van der Waals surface area contributed by atoms with Gasteiger partial charge in [0.15, 0.2) is 0 Å². The molecular formula is C11H19NO2. The van der Waals surface area contributed by atoms with Crippen molar-refractivity contribution in [3.63, 3.8) is 0 Å². The number of ether oxygens (including phenoxy) is 1. The SMILES string of the molecule is COC/C=C1\CN2CCC[C@@]2(CO)C1. The average molecular weight is 197 g/mol. The second-order valence-corrected chi connectivity index (χ2v) is 4.40. The summed E-state index contributed by atoms with van der Waals surface area (Å²) in [5, 5.41) is 9.47. The zero-order valence-electron chi connectivity index (χ0n) is 8.83. The molecule has 3 heteroatoms. The van der Waals surface area contributed by atoms with E-state index >= 15 is 0 Å². The van der Waals surface area contributed by atoms with Gasteiger partial charge in [0.2, 0.25) is 0 Å². The highest BCUT2D eigenvalue weighted by Crippen LogP contribution is 2.40. The molecule has 0 aliphatic carbocycles. The molecule has 14 heavy (non-hydrogen) atoms. The van der Waals surface area contributed by atoms with E-state index in [1.54, 1.807) is 7.11 Å². The minimum Gasteiger partial charge on any atom is -0.394 e. The monoisotopic (exact) mass is 197 g/mol. The molecule has 2 rings (SSSR count). The molecule has 0 aromatic heterocycles. The molecule has 2 aliphatic heterocycles. The molecule has 80 valence electrons. The molecule has 0 bridgehead atoms. The topological polar surface area (TPSA) is 32.7 Å². The summed E-state index contributed by atoms with van der Waals surface area (Å²) in [6.45, 7) is 3.18. The second-order valence-electron chi connectivity index (χ2n) is 4.40. The van der Waals surface area contributed by atoms with Crippen LogP contribution < -0.4 is 0 Å². The van der Waals surface area contributed by atoms with E-state index in [-0.39, 0.29) is 5.54 Å². The van der Waals surface area contributed by atoms with Crippen LogP contribution in [0.3, 0.4) is 0 Å². The molecule has 2 fully saturated rings. The Bertz CT molecular complexity index is 239. The Morgan fingerprint density at radius 2 is 2.50 bits per heavy atom. The predicted octanol–water partition coefficient (Wildman–Crippen LogP) is 0.790. The van der Waals surface area contributed by atoms with Crippen LogP contribution in [-0.4, -0.2) is 49.0 Å². The molecule has 0 radical (unpaired) electrons. The van der Waals surface area contributed by atoms with Crippen molar-refractivity contribution in [3.8, 4) is 0 Å². The van der Waals surface area contributed by atoms with Gasteiger partial charge in [0, 0.05) is 19.2 Å².